The Hall–Kier alpha value is -0.880. The molecule has 0 saturated carbocycles. The Morgan fingerprint density at radius 2 is 2.05 bits per heavy atom. The van der Waals surface area contributed by atoms with E-state index in [1.807, 2.05) is 6.20 Å². The van der Waals surface area contributed by atoms with Gasteiger partial charge in [-0.25, -0.2) is 8.42 Å². The highest BCUT2D eigenvalue weighted by Gasteiger charge is 2.28. The van der Waals surface area contributed by atoms with Crippen LogP contribution in [0.2, 0.25) is 0 Å². The fourth-order valence-corrected chi connectivity index (χ4v) is 2.71. The number of aryl methyl sites for hydroxylation is 1. The molecule has 0 saturated heterocycles. The van der Waals surface area contributed by atoms with E-state index in [-0.39, 0.29) is 11.8 Å². The van der Waals surface area contributed by atoms with Crippen LogP contribution in [0.3, 0.4) is 0 Å². The topological polar surface area (TPSA) is 64.0 Å². The molecule has 6 heteroatoms. The minimum absolute atomic E-state index is 0.118. The third-order valence-corrected chi connectivity index (χ3v) is 5.77. The molecule has 0 aliphatic heterocycles. The Labute approximate surface area is 116 Å². The van der Waals surface area contributed by atoms with Crippen LogP contribution in [-0.2, 0) is 16.4 Å². The minimum Gasteiger partial charge on any atom is -0.310 e. The molecule has 0 bridgehead atoms. The van der Waals surface area contributed by atoms with Crippen molar-refractivity contribution in [2.75, 3.05) is 12.3 Å². The first-order valence-corrected chi connectivity index (χ1v) is 8.30. The van der Waals surface area contributed by atoms with Gasteiger partial charge in [-0.2, -0.15) is 5.10 Å². The average Bonchev–Trinajstić information content (AvgIpc) is 2.74. The summed E-state index contributed by atoms with van der Waals surface area (Å²) in [4.78, 5) is 0. The number of rotatable bonds is 6. The van der Waals surface area contributed by atoms with E-state index in [4.69, 9.17) is 0 Å². The van der Waals surface area contributed by atoms with E-state index in [0.717, 1.165) is 12.1 Å². The Morgan fingerprint density at radius 3 is 2.58 bits per heavy atom. The summed E-state index contributed by atoms with van der Waals surface area (Å²) in [6.07, 6.45) is 3.70. The molecule has 0 fully saturated rings. The lowest BCUT2D eigenvalue weighted by Crippen LogP contribution is -2.32. The second-order valence-corrected chi connectivity index (χ2v) is 8.61. The SMILES string of the molecule is CCNC(C)c1cnn(CCS(=O)(=O)C(C)(C)C)c1. The molecule has 1 unspecified atom stereocenters. The molecule has 19 heavy (non-hydrogen) atoms. The van der Waals surface area contributed by atoms with Crippen LogP contribution in [0.1, 0.15) is 46.2 Å². The lowest BCUT2D eigenvalue weighted by molar-refractivity contribution is 0.548. The maximum absolute atomic E-state index is 12.0. The first-order chi connectivity index (χ1) is 8.67. The number of sulfone groups is 1. The predicted octanol–water partition coefficient (Wildman–Crippen LogP) is 1.77. The van der Waals surface area contributed by atoms with Gasteiger partial charge in [0.15, 0.2) is 9.84 Å². The maximum Gasteiger partial charge on any atom is 0.157 e. The number of nitrogens with zero attached hydrogens (tertiary/aromatic N) is 2. The average molecular weight is 287 g/mol. The van der Waals surface area contributed by atoms with Crippen LogP contribution in [0.15, 0.2) is 12.4 Å². The molecule has 1 aromatic rings. The van der Waals surface area contributed by atoms with E-state index in [1.165, 1.54) is 0 Å². The molecule has 0 aromatic carbocycles. The third kappa shape index (κ3) is 4.31. The zero-order chi connectivity index (χ0) is 14.7. The number of hydrogen-bond donors (Lipinski definition) is 1. The first-order valence-electron chi connectivity index (χ1n) is 6.65. The Balaban J connectivity index is 2.65. The van der Waals surface area contributed by atoms with Gasteiger partial charge in [0.2, 0.25) is 0 Å². The summed E-state index contributed by atoms with van der Waals surface area (Å²) in [6, 6.07) is 0.234. The first kappa shape index (κ1) is 16.2. The highest BCUT2D eigenvalue weighted by Crippen LogP contribution is 2.16. The molecule has 0 spiro atoms. The summed E-state index contributed by atoms with van der Waals surface area (Å²) in [5.41, 5.74) is 1.08. The zero-order valence-electron chi connectivity index (χ0n) is 12.5. The lowest BCUT2D eigenvalue weighted by atomic mass is 10.2. The molecule has 0 aliphatic rings. The van der Waals surface area contributed by atoms with Crippen LogP contribution in [0.4, 0.5) is 0 Å². The van der Waals surface area contributed by atoms with Gasteiger partial charge in [0, 0.05) is 17.8 Å². The van der Waals surface area contributed by atoms with Crippen molar-refractivity contribution in [2.24, 2.45) is 0 Å². The van der Waals surface area contributed by atoms with Crippen LogP contribution in [0.25, 0.3) is 0 Å². The molecule has 1 rings (SSSR count). The standard InChI is InChI=1S/C13H25N3O2S/c1-6-14-11(2)12-9-15-16(10-12)7-8-19(17,18)13(3,4)5/h9-11,14H,6-8H2,1-5H3. The van der Waals surface area contributed by atoms with Gasteiger partial charge in [-0.3, -0.25) is 4.68 Å². The fourth-order valence-electron chi connectivity index (χ4n) is 1.67. The van der Waals surface area contributed by atoms with E-state index in [2.05, 4.69) is 24.3 Å². The van der Waals surface area contributed by atoms with Gasteiger partial charge in [0.05, 0.1) is 23.2 Å². The van der Waals surface area contributed by atoms with Gasteiger partial charge in [-0.1, -0.05) is 6.92 Å². The quantitative estimate of drug-likeness (QED) is 0.866. The van der Waals surface area contributed by atoms with Crippen molar-refractivity contribution < 1.29 is 8.42 Å². The van der Waals surface area contributed by atoms with Gasteiger partial charge in [0.1, 0.15) is 0 Å². The van der Waals surface area contributed by atoms with Gasteiger partial charge >= 0.3 is 0 Å². The molecular formula is C13H25N3O2S. The number of hydrogen-bond acceptors (Lipinski definition) is 4. The summed E-state index contributed by atoms with van der Waals surface area (Å²) in [7, 11) is -3.09. The Kier molecular flexibility index (Phi) is 5.15. The van der Waals surface area contributed by atoms with E-state index in [1.54, 1.807) is 31.6 Å². The second kappa shape index (κ2) is 6.05. The van der Waals surface area contributed by atoms with Crippen molar-refractivity contribution in [3.8, 4) is 0 Å². The van der Waals surface area contributed by atoms with Crippen LogP contribution in [0.5, 0.6) is 0 Å². The van der Waals surface area contributed by atoms with Crippen molar-refractivity contribution in [2.45, 2.75) is 52.0 Å². The predicted molar refractivity (Wildman–Crippen MR) is 77.9 cm³/mol. The summed E-state index contributed by atoms with van der Waals surface area (Å²) in [6.45, 7) is 10.6. The molecule has 0 amide bonds. The second-order valence-electron chi connectivity index (χ2n) is 5.75. The zero-order valence-corrected chi connectivity index (χ0v) is 13.3. The van der Waals surface area contributed by atoms with E-state index < -0.39 is 14.6 Å². The van der Waals surface area contributed by atoms with E-state index >= 15 is 0 Å². The largest absolute Gasteiger partial charge is 0.310 e. The summed E-state index contributed by atoms with van der Waals surface area (Å²) < 4.78 is 25.0. The van der Waals surface area contributed by atoms with Crippen LogP contribution in [0, 0.1) is 0 Å². The smallest absolute Gasteiger partial charge is 0.157 e. The lowest BCUT2D eigenvalue weighted by Gasteiger charge is -2.18. The molecule has 1 atom stereocenters. The molecular weight excluding hydrogens is 262 g/mol. The molecule has 5 nitrogen and oxygen atoms in total. The summed E-state index contributed by atoms with van der Waals surface area (Å²) in [5, 5.41) is 7.52. The Bertz CT molecular complexity index is 500. The monoisotopic (exact) mass is 287 g/mol. The highest BCUT2D eigenvalue weighted by atomic mass is 32.2. The van der Waals surface area contributed by atoms with Crippen molar-refractivity contribution in [1.29, 1.82) is 0 Å². The highest BCUT2D eigenvalue weighted by molar-refractivity contribution is 7.92. The molecule has 1 N–H and O–H groups in total. The number of aromatic nitrogens is 2. The molecule has 110 valence electrons. The van der Waals surface area contributed by atoms with Crippen molar-refractivity contribution >= 4 is 9.84 Å². The molecule has 1 heterocycles. The molecule has 1 aromatic heterocycles. The van der Waals surface area contributed by atoms with E-state index in [0.29, 0.717) is 6.54 Å². The summed E-state index contributed by atoms with van der Waals surface area (Å²) in [5.74, 6) is 0.118. The normalized spacial score (nSPS) is 14.6. The van der Waals surface area contributed by atoms with Crippen LogP contribution >= 0.6 is 0 Å². The summed E-state index contributed by atoms with van der Waals surface area (Å²) >= 11 is 0. The van der Waals surface area contributed by atoms with Crippen molar-refractivity contribution in [3.05, 3.63) is 18.0 Å². The Morgan fingerprint density at radius 1 is 1.42 bits per heavy atom. The van der Waals surface area contributed by atoms with Gasteiger partial charge in [-0.05, 0) is 34.2 Å². The van der Waals surface area contributed by atoms with Gasteiger partial charge in [-0.15, -0.1) is 0 Å². The third-order valence-electron chi connectivity index (χ3n) is 3.19. The van der Waals surface area contributed by atoms with Gasteiger partial charge in [0.25, 0.3) is 0 Å². The van der Waals surface area contributed by atoms with E-state index in [9.17, 15) is 8.42 Å². The molecule has 0 radical (unpaired) electrons. The van der Waals surface area contributed by atoms with Crippen molar-refractivity contribution in [3.63, 3.8) is 0 Å². The minimum atomic E-state index is -3.09. The fraction of sp³-hybridized carbons (Fsp3) is 0.769. The maximum atomic E-state index is 12.0. The van der Waals surface area contributed by atoms with Crippen LogP contribution in [-0.4, -0.2) is 35.2 Å². The van der Waals surface area contributed by atoms with Gasteiger partial charge < -0.3 is 5.32 Å². The number of nitrogens with one attached hydrogen (secondary N) is 1. The van der Waals surface area contributed by atoms with Crippen LogP contribution < -0.4 is 5.32 Å². The molecule has 0 aliphatic carbocycles. The van der Waals surface area contributed by atoms with Crippen molar-refractivity contribution in [1.82, 2.24) is 15.1 Å².